The first-order chi connectivity index (χ1) is 14.5. The van der Waals surface area contributed by atoms with Gasteiger partial charge in [0.2, 0.25) is 0 Å². The maximum Gasteiger partial charge on any atom is 0.274 e. The molecule has 1 amide bonds. The first-order valence-electron chi connectivity index (χ1n) is 10.1. The van der Waals surface area contributed by atoms with Crippen LogP contribution in [0.25, 0.3) is 11.3 Å². The van der Waals surface area contributed by atoms with Crippen LogP contribution < -0.4 is 0 Å². The van der Waals surface area contributed by atoms with Gasteiger partial charge in [-0.3, -0.25) is 14.4 Å². The standard InChI is InChI=1S/C20H23ClN4O4S/c21-5-6-23-11-14(12-23)25-19-15-3-1-2-4-17(15)30(27,28)13-16(19)18(22-25)20(26)24-7-9-29-10-8-24/h1-4,14H,5-13H2. The van der Waals surface area contributed by atoms with Crippen LogP contribution in [0, 0.1) is 0 Å². The summed E-state index contributed by atoms with van der Waals surface area (Å²) in [7, 11) is -3.54. The molecule has 0 unspecified atom stereocenters. The average molecular weight is 451 g/mol. The number of ether oxygens (including phenoxy) is 1. The molecule has 10 heteroatoms. The summed E-state index contributed by atoms with van der Waals surface area (Å²) in [6.45, 7) is 4.28. The molecule has 0 aliphatic carbocycles. The van der Waals surface area contributed by atoms with Crippen molar-refractivity contribution in [2.45, 2.75) is 16.7 Å². The quantitative estimate of drug-likeness (QED) is 0.655. The number of rotatable bonds is 4. The molecule has 0 atom stereocenters. The molecular weight excluding hydrogens is 428 g/mol. The van der Waals surface area contributed by atoms with Gasteiger partial charge >= 0.3 is 0 Å². The number of sulfone groups is 1. The first kappa shape index (κ1) is 20.0. The number of carbonyl (C=O) groups is 1. The van der Waals surface area contributed by atoms with Gasteiger partial charge in [0, 0.05) is 49.7 Å². The number of morpholine rings is 1. The zero-order valence-corrected chi connectivity index (χ0v) is 18.0. The lowest BCUT2D eigenvalue weighted by Crippen LogP contribution is -2.49. The molecule has 3 aliphatic heterocycles. The predicted molar refractivity (Wildman–Crippen MR) is 111 cm³/mol. The fraction of sp³-hybridized carbons (Fsp3) is 0.500. The monoisotopic (exact) mass is 450 g/mol. The van der Waals surface area contributed by atoms with Crippen molar-refractivity contribution < 1.29 is 17.9 Å². The van der Waals surface area contributed by atoms with Gasteiger partial charge in [-0.05, 0) is 6.07 Å². The summed E-state index contributed by atoms with van der Waals surface area (Å²) in [4.78, 5) is 17.5. The van der Waals surface area contributed by atoms with Crippen molar-refractivity contribution in [2.75, 3.05) is 51.8 Å². The van der Waals surface area contributed by atoms with E-state index < -0.39 is 9.84 Å². The Kier molecular flexibility index (Phi) is 5.09. The summed E-state index contributed by atoms with van der Waals surface area (Å²) in [5.74, 6) is 0.133. The zero-order valence-electron chi connectivity index (χ0n) is 16.5. The van der Waals surface area contributed by atoms with Gasteiger partial charge in [0.15, 0.2) is 15.5 Å². The highest BCUT2D eigenvalue weighted by atomic mass is 35.5. The first-order valence-corrected chi connectivity index (χ1v) is 12.3. The van der Waals surface area contributed by atoms with Gasteiger partial charge in [0.25, 0.3) is 5.91 Å². The molecule has 1 aromatic heterocycles. The van der Waals surface area contributed by atoms with E-state index in [4.69, 9.17) is 21.4 Å². The largest absolute Gasteiger partial charge is 0.378 e. The van der Waals surface area contributed by atoms with E-state index in [2.05, 4.69) is 4.90 Å². The van der Waals surface area contributed by atoms with E-state index >= 15 is 0 Å². The number of fused-ring (bicyclic) bond motifs is 3. The highest BCUT2D eigenvalue weighted by molar-refractivity contribution is 7.90. The fourth-order valence-electron chi connectivity index (χ4n) is 4.44. The Morgan fingerprint density at radius 1 is 1.20 bits per heavy atom. The number of benzene rings is 1. The van der Waals surface area contributed by atoms with E-state index in [0.717, 1.165) is 25.3 Å². The van der Waals surface area contributed by atoms with Crippen LogP contribution in [0.4, 0.5) is 0 Å². The average Bonchev–Trinajstić information content (AvgIpc) is 3.08. The smallest absolute Gasteiger partial charge is 0.274 e. The Morgan fingerprint density at radius 3 is 2.67 bits per heavy atom. The summed E-state index contributed by atoms with van der Waals surface area (Å²) in [6, 6.07) is 7.08. The van der Waals surface area contributed by atoms with Crippen LogP contribution in [0.1, 0.15) is 22.1 Å². The van der Waals surface area contributed by atoms with E-state index in [9.17, 15) is 13.2 Å². The summed E-state index contributed by atoms with van der Waals surface area (Å²) in [5.41, 5.74) is 2.15. The summed E-state index contributed by atoms with van der Waals surface area (Å²) < 4.78 is 33.2. The van der Waals surface area contributed by atoms with E-state index in [1.54, 1.807) is 23.1 Å². The van der Waals surface area contributed by atoms with Gasteiger partial charge < -0.3 is 9.64 Å². The maximum atomic E-state index is 13.3. The van der Waals surface area contributed by atoms with E-state index in [1.165, 1.54) is 0 Å². The summed E-state index contributed by atoms with van der Waals surface area (Å²) in [5, 5.41) is 4.71. The van der Waals surface area contributed by atoms with Crippen LogP contribution in [-0.2, 0) is 20.3 Å². The van der Waals surface area contributed by atoms with Crippen LogP contribution in [0.2, 0.25) is 0 Å². The minimum Gasteiger partial charge on any atom is -0.378 e. The minimum atomic E-state index is -3.54. The molecule has 2 aromatic rings. The molecule has 30 heavy (non-hydrogen) atoms. The van der Waals surface area contributed by atoms with Crippen molar-refractivity contribution in [1.29, 1.82) is 0 Å². The molecule has 0 bridgehead atoms. The number of likely N-dealkylation sites (tertiary alicyclic amines) is 1. The molecule has 2 fully saturated rings. The molecule has 160 valence electrons. The van der Waals surface area contributed by atoms with E-state index in [-0.39, 0.29) is 23.4 Å². The molecule has 2 saturated heterocycles. The molecule has 0 spiro atoms. The SMILES string of the molecule is O=C(c1nn(C2CN(CCCl)C2)c2c1CS(=O)(=O)c1ccccc1-2)N1CCOCC1. The second-order valence-electron chi connectivity index (χ2n) is 7.88. The number of nitrogens with zero attached hydrogens (tertiary/aromatic N) is 4. The number of amides is 1. The van der Waals surface area contributed by atoms with Gasteiger partial charge in [-0.15, -0.1) is 11.6 Å². The maximum absolute atomic E-state index is 13.3. The molecule has 5 rings (SSSR count). The van der Waals surface area contributed by atoms with Crippen molar-refractivity contribution in [2.24, 2.45) is 0 Å². The van der Waals surface area contributed by atoms with Crippen molar-refractivity contribution in [3.63, 3.8) is 0 Å². The summed E-state index contributed by atoms with van der Waals surface area (Å²) in [6.07, 6.45) is 0. The van der Waals surface area contributed by atoms with Crippen molar-refractivity contribution in [3.05, 3.63) is 35.5 Å². The molecule has 1 aromatic carbocycles. The van der Waals surface area contributed by atoms with Gasteiger partial charge in [-0.2, -0.15) is 5.10 Å². The summed E-state index contributed by atoms with van der Waals surface area (Å²) >= 11 is 5.86. The van der Waals surface area contributed by atoms with Crippen LogP contribution in [0.3, 0.4) is 0 Å². The van der Waals surface area contributed by atoms with Gasteiger partial charge in [0.05, 0.1) is 35.6 Å². The number of hydrogen-bond donors (Lipinski definition) is 0. The van der Waals surface area contributed by atoms with Crippen LogP contribution in [0.15, 0.2) is 29.2 Å². The van der Waals surface area contributed by atoms with Crippen molar-refractivity contribution >= 4 is 27.3 Å². The topological polar surface area (TPSA) is 84.7 Å². The molecule has 0 saturated carbocycles. The van der Waals surface area contributed by atoms with E-state index in [0.29, 0.717) is 48.2 Å². The lowest BCUT2D eigenvalue weighted by Gasteiger charge is -2.39. The minimum absolute atomic E-state index is 0.0852. The third kappa shape index (κ3) is 3.24. The second-order valence-corrected chi connectivity index (χ2v) is 10.2. The Hall–Kier alpha value is -1.94. The predicted octanol–water partition coefficient (Wildman–Crippen LogP) is 1.41. The Bertz CT molecular complexity index is 1090. The second kappa shape index (κ2) is 7.64. The van der Waals surface area contributed by atoms with Crippen LogP contribution in [0.5, 0.6) is 0 Å². The number of alkyl halides is 1. The van der Waals surface area contributed by atoms with Crippen LogP contribution >= 0.6 is 11.6 Å². The van der Waals surface area contributed by atoms with Gasteiger partial charge in [0.1, 0.15) is 0 Å². The van der Waals surface area contributed by atoms with Crippen molar-refractivity contribution in [3.8, 4) is 11.3 Å². The Labute approximate surface area is 180 Å². The number of halogens is 1. The van der Waals surface area contributed by atoms with E-state index in [1.807, 2.05) is 10.7 Å². The molecule has 8 nitrogen and oxygen atoms in total. The van der Waals surface area contributed by atoms with Crippen LogP contribution in [-0.4, -0.2) is 85.7 Å². The molecule has 0 radical (unpaired) electrons. The van der Waals surface area contributed by atoms with Gasteiger partial charge in [-0.1, -0.05) is 18.2 Å². The zero-order chi connectivity index (χ0) is 20.9. The highest BCUT2D eigenvalue weighted by Crippen LogP contribution is 2.41. The lowest BCUT2D eigenvalue weighted by atomic mass is 10.0. The fourth-order valence-corrected chi connectivity index (χ4v) is 6.28. The number of hydrogen-bond acceptors (Lipinski definition) is 6. The molecule has 3 aliphatic rings. The molecule has 4 heterocycles. The van der Waals surface area contributed by atoms with Gasteiger partial charge in [-0.25, -0.2) is 8.42 Å². The molecule has 0 N–H and O–H groups in total. The molecular formula is C20H23ClN4O4S. The Balaban J connectivity index is 1.61. The Morgan fingerprint density at radius 2 is 1.93 bits per heavy atom. The highest BCUT2D eigenvalue weighted by Gasteiger charge is 2.40. The van der Waals surface area contributed by atoms with Crippen molar-refractivity contribution in [1.82, 2.24) is 19.6 Å². The third-order valence-electron chi connectivity index (χ3n) is 6.01. The number of carbonyl (C=O) groups excluding carboxylic acids is 1. The number of aromatic nitrogens is 2. The normalized spacial score (nSPS) is 21.0. The third-order valence-corrected chi connectivity index (χ3v) is 7.87. The lowest BCUT2D eigenvalue weighted by molar-refractivity contribution is 0.0296.